The van der Waals surface area contributed by atoms with Crippen LogP contribution in [0.5, 0.6) is 0 Å². The summed E-state index contributed by atoms with van der Waals surface area (Å²) in [6, 6.07) is 1.78. The number of hydrogen-bond donors (Lipinski definition) is 3. The van der Waals surface area contributed by atoms with E-state index in [1.807, 2.05) is 11.5 Å². The second-order valence-corrected chi connectivity index (χ2v) is 4.90. The molecule has 1 fully saturated rings. The Kier molecular flexibility index (Phi) is 3.91. The van der Waals surface area contributed by atoms with Crippen molar-refractivity contribution in [1.29, 1.82) is 0 Å². The molecule has 5 nitrogen and oxygen atoms in total. The van der Waals surface area contributed by atoms with Crippen LogP contribution in [0.3, 0.4) is 0 Å². The standard InChI is InChI=1S/C13H21N3O2/c1-2-16-7-10(14)6-12(16)13(18)15-11-5-3-4-9(11)8-17/h6-7,9,11,17H,2-5,8,14H2,1H3,(H,15,18). The van der Waals surface area contributed by atoms with Crippen LogP contribution >= 0.6 is 0 Å². The molecule has 1 aromatic heterocycles. The molecule has 1 amide bonds. The van der Waals surface area contributed by atoms with Crippen LogP contribution in [-0.2, 0) is 6.54 Å². The molecule has 1 heterocycles. The van der Waals surface area contributed by atoms with Gasteiger partial charge in [-0.1, -0.05) is 6.42 Å². The van der Waals surface area contributed by atoms with E-state index in [4.69, 9.17) is 5.73 Å². The van der Waals surface area contributed by atoms with Crippen LogP contribution < -0.4 is 11.1 Å². The summed E-state index contributed by atoms with van der Waals surface area (Å²) in [5.41, 5.74) is 6.91. The van der Waals surface area contributed by atoms with Crippen molar-refractivity contribution in [3.8, 4) is 0 Å². The Morgan fingerprint density at radius 3 is 3.06 bits per heavy atom. The Morgan fingerprint density at radius 2 is 2.39 bits per heavy atom. The number of carbonyl (C=O) groups excluding carboxylic acids is 1. The average Bonchev–Trinajstić information content (AvgIpc) is 2.94. The molecule has 0 radical (unpaired) electrons. The van der Waals surface area contributed by atoms with Crippen molar-refractivity contribution < 1.29 is 9.90 Å². The van der Waals surface area contributed by atoms with Gasteiger partial charge in [0.25, 0.3) is 5.91 Å². The first-order chi connectivity index (χ1) is 8.65. The number of aliphatic hydroxyl groups excluding tert-OH is 1. The molecule has 2 atom stereocenters. The summed E-state index contributed by atoms with van der Waals surface area (Å²) < 4.78 is 1.84. The molecule has 18 heavy (non-hydrogen) atoms. The summed E-state index contributed by atoms with van der Waals surface area (Å²) in [6.07, 6.45) is 4.76. The number of carbonyl (C=O) groups is 1. The van der Waals surface area contributed by atoms with Crippen LogP contribution in [0.25, 0.3) is 0 Å². The molecule has 0 spiro atoms. The molecule has 2 rings (SSSR count). The number of amides is 1. The molecule has 1 saturated carbocycles. The van der Waals surface area contributed by atoms with Crippen LogP contribution in [0.15, 0.2) is 12.3 Å². The minimum atomic E-state index is -0.0982. The third kappa shape index (κ3) is 2.51. The number of nitrogens with zero attached hydrogens (tertiary/aromatic N) is 1. The largest absolute Gasteiger partial charge is 0.397 e. The van der Waals surface area contributed by atoms with Crippen LogP contribution in [0, 0.1) is 5.92 Å². The predicted octanol–water partition coefficient (Wildman–Crippen LogP) is 0.981. The summed E-state index contributed by atoms with van der Waals surface area (Å²) in [7, 11) is 0. The Hall–Kier alpha value is -1.49. The first kappa shape index (κ1) is 13.0. The van der Waals surface area contributed by atoms with Crippen LogP contribution in [-0.4, -0.2) is 28.2 Å². The van der Waals surface area contributed by atoms with E-state index in [0.717, 1.165) is 19.3 Å². The molecule has 0 bridgehead atoms. The maximum absolute atomic E-state index is 12.2. The van der Waals surface area contributed by atoms with E-state index in [1.165, 1.54) is 0 Å². The normalized spacial score (nSPS) is 23.2. The van der Waals surface area contributed by atoms with Gasteiger partial charge in [-0.25, -0.2) is 0 Å². The third-order valence-electron chi connectivity index (χ3n) is 3.70. The van der Waals surface area contributed by atoms with Crippen molar-refractivity contribution in [1.82, 2.24) is 9.88 Å². The van der Waals surface area contributed by atoms with Gasteiger partial charge in [-0.2, -0.15) is 0 Å². The monoisotopic (exact) mass is 251 g/mol. The van der Waals surface area contributed by atoms with Gasteiger partial charge in [-0.3, -0.25) is 4.79 Å². The van der Waals surface area contributed by atoms with Crippen molar-refractivity contribution >= 4 is 11.6 Å². The summed E-state index contributed by atoms with van der Waals surface area (Å²) in [5, 5.41) is 12.3. The Bertz CT molecular complexity index is 428. The summed E-state index contributed by atoms with van der Waals surface area (Å²) in [4.78, 5) is 12.2. The molecule has 2 unspecified atom stereocenters. The highest BCUT2D eigenvalue weighted by Gasteiger charge is 2.28. The van der Waals surface area contributed by atoms with E-state index in [1.54, 1.807) is 12.3 Å². The summed E-state index contributed by atoms with van der Waals surface area (Å²) in [5.74, 6) is 0.0928. The van der Waals surface area contributed by atoms with Gasteiger partial charge in [0.05, 0.1) is 5.69 Å². The number of nitrogens with one attached hydrogen (secondary N) is 1. The lowest BCUT2D eigenvalue weighted by Crippen LogP contribution is -2.39. The SMILES string of the molecule is CCn1cc(N)cc1C(=O)NC1CCCC1CO. The van der Waals surface area contributed by atoms with Gasteiger partial charge in [0, 0.05) is 31.3 Å². The number of aliphatic hydroxyl groups is 1. The van der Waals surface area contributed by atoms with Crippen molar-refractivity contribution in [2.24, 2.45) is 5.92 Å². The van der Waals surface area contributed by atoms with E-state index in [9.17, 15) is 9.90 Å². The number of aromatic nitrogens is 1. The lowest BCUT2D eigenvalue weighted by atomic mass is 10.1. The first-order valence-corrected chi connectivity index (χ1v) is 6.53. The predicted molar refractivity (Wildman–Crippen MR) is 70.2 cm³/mol. The van der Waals surface area contributed by atoms with Gasteiger partial charge in [-0.05, 0) is 25.8 Å². The zero-order chi connectivity index (χ0) is 13.1. The average molecular weight is 251 g/mol. The highest BCUT2D eigenvalue weighted by molar-refractivity contribution is 5.94. The van der Waals surface area contributed by atoms with Gasteiger partial charge in [0.15, 0.2) is 0 Å². The molecule has 100 valence electrons. The maximum Gasteiger partial charge on any atom is 0.268 e. The fourth-order valence-electron chi connectivity index (χ4n) is 2.67. The number of nitrogen functional groups attached to an aromatic ring is 1. The van der Waals surface area contributed by atoms with Gasteiger partial charge in [-0.15, -0.1) is 0 Å². The minimum Gasteiger partial charge on any atom is -0.397 e. The fraction of sp³-hybridized carbons (Fsp3) is 0.615. The molecule has 0 saturated heterocycles. The highest BCUT2D eigenvalue weighted by atomic mass is 16.3. The molecule has 5 heteroatoms. The molecule has 4 N–H and O–H groups in total. The number of nitrogens with two attached hydrogens (primary N) is 1. The lowest BCUT2D eigenvalue weighted by molar-refractivity contribution is 0.0907. The highest BCUT2D eigenvalue weighted by Crippen LogP contribution is 2.25. The van der Waals surface area contributed by atoms with Gasteiger partial charge >= 0.3 is 0 Å². The molecule has 0 aliphatic heterocycles. The van der Waals surface area contributed by atoms with Crippen molar-refractivity contribution in [2.45, 2.75) is 38.8 Å². The van der Waals surface area contributed by atoms with Gasteiger partial charge in [0.1, 0.15) is 5.69 Å². The zero-order valence-electron chi connectivity index (χ0n) is 10.7. The van der Waals surface area contributed by atoms with Crippen molar-refractivity contribution in [3.05, 3.63) is 18.0 Å². The zero-order valence-corrected chi connectivity index (χ0v) is 10.7. The number of aryl methyl sites for hydroxylation is 1. The number of anilines is 1. The van der Waals surface area contributed by atoms with Crippen molar-refractivity contribution in [2.75, 3.05) is 12.3 Å². The molecule has 1 aliphatic rings. The van der Waals surface area contributed by atoms with E-state index in [0.29, 0.717) is 17.9 Å². The fourth-order valence-corrected chi connectivity index (χ4v) is 2.67. The van der Waals surface area contributed by atoms with E-state index >= 15 is 0 Å². The molecule has 1 aromatic rings. The van der Waals surface area contributed by atoms with Crippen LogP contribution in [0.2, 0.25) is 0 Å². The number of hydrogen-bond acceptors (Lipinski definition) is 3. The Morgan fingerprint density at radius 1 is 1.61 bits per heavy atom. The molecular formula is C13H21N3O2. The minimum absolute atomic E-state index is 0.0870. The molecule has 1 aliphatic carbocycles. The Balaban J connectivity index is 2.07. The summed E-state index contributed by atoms with van der Waals surface area (Å²) in [6.45, 7) is 2.83. The second kappa shape index (κ2) is 5.44. The molecular weight excluding hydrogens is 230 g/mol. The third-order valence-corrected chi connectivity index (χ3v) is 3.70. The lowest BCUT2D eigenvalue weighted by Gasteiger charge is -2.19. The van der Waals surface area contributed by atoms with E-state index in [2.05, 4.69) is 5.32 Å². The quantitative estimate of drug-likeness (QED) is 0.746. The maximum atomic E-state index is 12.2. The first-order valence-electron chi connectivity index (χ1n) is 6.53. The van der Waals surface area contributed by atoms with E-state index < -0.39 is 0 Å². The number of rotatable bonds is 4. The van der Waals surface area contributed by atoms with Crippen molar-refractivity contribution in [3.63, 3.8) is 0 Å². The van der Waals surface area contributed by atoms with Gasteiger partial charge < -0.3 is 20.7 Å². The van der Waals surface area contributed by atoms with Gasteiger partial charge in [0.2, 0.25) is 0 Å². The van der Waals surface area contributed by atoms with E-state index in [-0.39, 0.29) is 24.5 Å². The Labute approximate surface area is 107 Å². The smallest absolute Gasteiger partial charge is 0.268 e. The topological polar surface area (TPSA) is 80.3 Å². The second-order valence-electron chi connectivity index (χ2n) is 4.90. The van der Waals surface area contributed by atoms with Crippen LogP contribution in [0.1, 0.15) is 36.7 Å². The molecule has 0 aromatic carbocycles. The van der Waals surface area contributed by atoms with Crippen LogP contribution in [0.4, 0.5) is 5.69 Å². The summed E-state index contributed by atoms with van der Waals surface area (Å²) >= 11 is 0.